The maximum Gasteiger partial charge on any atom is 0.153 e. The summed E-state index contributed by atoms with van der Waals surface area (Å²) in [6, 6.07) is 1.61. The molecule has 0 atom stereocenters. The smallest absolute Gasteiger partial charge is 0.153 e. The average molecular weight is 156 g/mol. The first-order valence-corrected chi connectivity index (χ1v) is 3.03. The summed E-state index contributed by atoms with van der Waals surface area (Å²) >= 11 is 5.52. The van der Waals surface area contributed by atoms with Crippen LogP contribution in [0.3, 0.4) is 0 Å². The van der Waals surface area contributed by atoms with E-state index >= 15 is 0 Å². The molecule has 1 aromatic heterocycles. The molecule has 0 amide bonds. The van der Waals surface area contributed by atoms with E-state index in [4.69, 9.17) is 17.3 Å². The van der Waals surface area contributed by atoms with Crippen molar-refractivity contribution in [1.82, 2.24) is 10.2 Å². The van der Waals surface area contributed by atoms with Gasteiger partial charge in [0.25, 0.3) is 0 Å². The first-order chi connectivity index (χ1) is 4.74. The molecule has 4 heteroatoms. The van der Waals surface area contributed by atoms with Gasteiger partial charge in [0.05, 0.1) is 0 Å². The summed E-state index contributed by atoms with van der Waals surface area (Å²) in [6.07, 6.45) is 1.58. The standard InChI is InChI=1S/C6H6ClN3/c1-2-4-3-5(7)9-10-6(4)8/h2-3H,1H2,(H2,8,10). The lowest BCUT2D eigenvalue weighted by Gasteiger charge is -1.95. The number of halogens is 1. The van der Waals surface area contributed by atoms with Crippen LogP contribution in [-0.2, 0) is 0 Å². The van der Waals surface area contributed by atoms with Gasteiger partial charge in [-0.05, 0) is 6.07 Å². The first-order valence-electron chi connectivity index (χ1n) is 2.65. The number of nitrogens with two attached hydrogens (primary N) is 1. The Morgan fingerprint density at radius 1 is 1.60 bits per heavy atom. The molecule has 1 rings (SSSR count). The normalized spacial score (nSPS) is 9.30. The SMILES string of the molecule is C=Cc1cc(Cl)nnc1N. The van der Waals surface area contributed by atoms with Crippen molar-refractivity contribution in [2.45, 2.75) is 0 Å². The number of hydrogen-bond acceptors (Lipinski definition) is 3. The Labute approximate surface area is 63.5 Å². The van der Waals surface area contributed by atoms with Crippen LogP contribution >= 0.6 is 11.6 Å². The van der Waals surface area contributed by atoms with Gasteiger partial charge >= 0.3 is 0 Å². The molecule has 52 valence electrons. The first kappa shape index (κ1) is 7.02. The second-order valence-corrected chi connectivity index (χ2v) is 2.10. The molecular weight excluding hydrogens is 150 g/mol. The Bertz CT molecular complexity index is 259. The van der Waals surface area contributed by atoms with E-state index in [0.717, 1.165) is 0 Å². The lowest BCUT2D eigenvalue weighted by Crippen LogP contribution is -1.95. The maximum absolute atomic E-state index is 5.52. The summed E-state index contributed by atoms with van der Waals surface area (Å²) in [6.45, 7) is 3.53. The summed E-state index contributed by atoms with van der Waals surface area (Å²) in [4.78, 5) is 0. The molecule has 1 heterocycles. The molecule has 2 N–H and O–H groups in total. The van der Waals surface area contributed by atoms with E-state index < -0.39 is 0 Å². The van der Waals surface area contributed by atoms with Crippen LogP contribution in [0.4, 0.5) is 5.82 Å². The maximum atomic E-state index is 5.52. The Morgan fingerprint density at radius 3 is 2.80 bits per heavy atom. The zero-order valence-corrected chi connectivity index (χ0v) is 5.97. The van der Waals surface area contributed by atoms with Gasteiger partial charge in [0.1, 0.15) is 0 Å². The minimum Gasteiger partial charge on any atom is -0.382 e. The van der Waals surface area contributed by atoms with Crippen LogP contribution in [0.25, 0.3) is 6.08 Å². The zero-order valence-electron chi connectivity index (χ0n) is 5.21. The van der Waals surface area contributed by atoms with Crippen molar-refractivity contribution >= 4 is 23.5 Å². The van der Waals surface area contributed by atoms with Crippen LogP contribution in [0.15, 0.2) is 12.6 Å². The summed E-state index contributed by atoms with van der Waals surface area (Å²) in [5.41, 5.74) is 6.10. The van der Waals surface area contributed by atoms with Gasteiger partial charge < -0.3 is 5.73 Å². The fourth-order valence-corrected chi connectivity index (χ4v) is 0.709. The van der Waals surface area contributed by atoms with Gasteiger partial charge in [-0.2, -0.15) is 0 Å². The van der Waals surface area contributed by atoms with E-state index in [1.807, 2.05) is 0 Å². The summed E-state index contributed by atoms with van der Waals surface area (Å²) in [5.74, 6) is 0.347. The zero-order chi connectivity index (χ0) is 7.56. The second kappa shape index (κ2) is 2.66. The molecule has 0 aliphatic rings. The lowest BCUT2D eigenvalue weighted by molar-refractivity contribution is 1.04. The molecule has 0 saturated carbocycles. The predicted octanol–water partition coefficient (Wildman–Crippen LogP) is 1.36. The number of hydrogen-bond donors (Lipinski definition) is 1. The van der Waals surface area contributed by atoms with Crippen LogP contribution in [0.2, 0.25) is 5.15 Å². The molecule has 0 unspecified atom stereocenters. The molecule has 0 bridgehead atoms. The second-order valence-electron chi connectivity index (χ2n) is 1.71. The molecular formula is C6H6ClN3. The number of anilines is 1. The van der Waals surface area contributed by atoms with Crippen LogP contribution in [0.1, 0.15) is 5.56 Å². The summed E-state index contributed by atoms with van der Waals surface area (Å²) < 4.78 is 0. The molecule has 0 aliphatic heterocycles. The highest BCUT2D eigenvalue weighted by Crippen LogP contribution is 2.12. The minimum absolute atomic E-state index is 0.323. The van der Waals surface area contributed by atoms with Crippen LogP contribution in [0, 0.1) is 0 Å². The topological polar surface area (TPSA) is 51.8 Å². The fraction of sp³-hybridized carbons (Fsp3) is 0. The highest BCUT2D eigenvalue weighted by molar-refractivity contribution is 6.29. The van der Waals surface area contributed by atoms with E-state index in [1.54, 1.807) is 12.1 Å². The molecule has 0 saturated heterocycles. The molecule has 0 spiro atoms. The molecule has 3 nitrogen and oxygen atoms in total. The number of nitrogen functional groups attached to an aromatic ring is 1. The van der Waals surface area contributed by atoms with Crippen molar-refractivity contribution in [3.05, 3.63) is 23.4 Å². The van der Waals surface area contributed by atoms with Crippen molar-refractivity contribution in [1.29, 1.82) is 0 Å². The largest absolute Gasteiger partial charge is 0.382 e. The lowest BCUT2D eigenvalue weighted by atomic mass is 10.3. The van der Waals surface area contributed by atoms with Crippen molar-refractivity contribution in [3.63, 3.8) is 0 Å². The third kappa shape index (κ3) is 1.25. The van der Waals surface area contributed by atoms with E-state index in [2.05, 4.69) is 16.8 Å². The molecule has 0 radical (unpaired) electrons. The Hall–Kier alpha value is -1.09. The van der Waals surface area contributed by atoms with Crippen molar-refractivity contribution < 1.29 is 0 Å². The van der Waals surface area contributed by atoms with Crippen molar-refractivity contribution in [2.24, 2.45) is 0 Å². The van der Waals surface area contributed by atoms with Crippen LogP contribution < -0.4 is 5.73 Å². The van der Waals surface area contributed by atoms with E-state index in [-0.39, 0.29) is 0 Å². The molecule has 0 fully saturated rings. The highest BCUT2D eigenvalue weighted by Gasteiger charge is 1.96. The van der Waals surface area contributed by atoms with Gasteiger partial charge in [-0.3, -0.25) is 0 Å². The molecule has 0 aromatic carbocycles. The Kier molecular flexibility index (Phi) is 1.87. The van der Waals surface area contributed by atoms with Crippen molar-refractivity contribution in [2.75, 3.05) is 5.73 Å². The van der Waals surface area contributed by atoms with Gasteiger partial charge in [-0.1, -0.05) is 24.3 Å². The monoisotopic (exact) mass is 155 g/mol. The van der Waals surface area contributed by atoms with Gasteiger partial charge in [-0.15, -0.1) is 10.2 Å². The number of nitrogens with zero attached hydrogens (tertiary/aromatic N) is 2. The van der Waals surface area contributed by atoms with E-state index in [0.29, 0.717) is 16.5 Å². The average Bonchev–Trinajstić information content (AvgIpc) is 1.94. The summed E-state index contributed by atoms with van der Waals surface area (Å²) in [7, 11) is 0. The van der Waals surface area contributed by atoms with E-state index in [9.17, 15) is 0 Å². The number of rotatable bonds is 1. The fourth-order valence-electron chi connectivity index (χ4n) is 0.554. The van der Waals surface area contributed by atoms with Crippen molar-refractivity contribution in [3.8, 4) is 0 Å². The molecule has 1 aromatic rings. The third-order valence-corrected chi connectivity index (χ3v) is 1.23. The number of aromatic nitrogens is 2. The van der Waals surface area contributed by atoms with Gasteiger partial charge in [0.2, 0.25) is 0 Å². The van der Waals surface area contributed by atoms with E-state index in [1.165, 1.54) is 0 Å². The Morgan fingerprint density at radius 2 is 2.30 bits per heavy atom. The minimum atomic E-state index is 0.323. The molecule has 10 heavy (non-hydrogen) atoms. The Balaban J connectivity index is 3.21. The predicted molar refractivity (Wildman–Crippen MR) is 41.5 cm³/mol. The van der Waals surface area contributed by atoms with Gasteiger partial charge in [0, 0.05) is 5.56 Å². The summed E-state index contributed by atoms with van der Waals surface area (Å²) in [5, 5.41) is 7.43. The van der Waals surface area contributed by atoms with Gasteiger partial charge in [0.15, 0.2) is 11.0 Å². The van der Waals surface area contributed by atoms with Crippen LogP contribution in [-0.4, -0.2) is 10.2 Å². The van der Waals surface area contributed by atoms with Gasteiger partial charge in [-0.25, -0.2) is 0 Å². The molecule has 0 aliphatic carbocycles. The van der Waals surface area contributed by atoms with Crippen LogP contribution in [0.5, 0.6) is 0 Å². The third-order valence-electron chi connectivity index (χ3n) is 1.04. The highest BCUT2D eigenvalue weighted by atomic mass is 35.5. The quantitative estimate of drug-likeness (QED) is 0.666.